The monoisotopic (exact) mass is 240 g/mol. The maximum absolute atomic E-state index is 11.8. The number of ether oxygens (including phenoxy) is 1. The van der Waals surface area contributed by atoms with Crippen molar-refractivity contribution in [3.05, 3.63) is 11.6 Å². The van der Waals surface area contributed by atoms with E-state index in [1.807, 2.05) is 26.8 Å². The van der Waals surface area contributed by atoms with Crippen LogP contribution in [0.5, 0.6) is 0 Å². The van der Waals surface area contributed by atoms with Crippen molar-refractivity contribution < 1.29 is 9.53 Å². The van der Waals surface area contributed by atoms with Gasteiger partial charge in [0.05, 0.1) is 13.2 Å². The average molecular weight is 240 g/mol. The highest BCUT2D eigenvalue weighted by Gasteiger charge is 2.15. The SMILES string of the molecule is CCC=C(C)C(=O)NC(C)CN1CCOCC1. The van der Waals surface area contributed by atoms with Crippen molar-refractivity contribution in [2.45, 2.75) is 33.2 Å². The Bertz CT molecular complexity index is 271. The van der Waals surface area contributed by atoms with Crippen LogP contribution in [-0.2, 0) is 9.53 Å². The number of carbonyl (C=O) groups excluding carboxylic acids is 1. The van der Waals surface area contributed by atoms with E-state index < -0.39 is 0 Å². The second kappa shape index (κ2) is 7.45. The molecule has 17 heavy (non-hydrogen) atoms. The summed E-state index contributed by atoms with van der Waals surface area (Å²) in [5, 5.41) is 3.02. The van der Waals surface area contributed by atoms with Gasteiger partial charge in [-0.2, -0.15) is 0 Å². The largest absolute Gasteiger partial charge is 0.379 e. The zero-order valence-electron chi connectivity index (χ0n) is 11.2. The first-order valence-corrected chi connectivity index (χ1v) is 6.41. The maximum atomic E-state index is 11.8. The van der Waals surface area contributed by atoms with Gasteiger partial charge >= 0.3 is 0 Å². The van der Waals surface area contributed by atoms with Crippen LogP contribution in [0.25, 0.3) is 0 Å². The topological polar surface area (TPSA) is 41.6 Å². The average Bonchev–Trinajstić information content (AvgIpc) is 2.30. The van der Waals surface area contributed by atoms with Crippen LogP contribution in [0.3, 0.4) is 0 Å². The maximum Gasteiger partial charge on any atom is 0.246 e. The minimum Gasteiger partial charge on any atom is -0.379 e. The van der Waals surface area contributed by atoms with Crippen LogP contribution in [0.4, 0.5) is 0 Å². The van der Waals surface area contributed by atoms with Gasteiger partial charge in [-0.05, 0) is 20.3 Å². The summed E-state index contributed by atoms with van der Waals surface area (Å²) in [6.07, 6.45) is 2.86. The zero-order chi connectivity index (χ0) is 12.7. The first kappa shape index (κ1) is 14.2. The minimum absolute atomic E-state index is 0.0487. The predicted octanol–water partition coefficient (Wildman–Crippen LogP) is 1.18. The predicted molar refractivity (Wildman–Crippen MR) is 68.9 cm³/mol. The van der Waals surface area contributed by atoms with Crippen LogP contribution in [0.2, 0.25) is 0 Å². The van der Waals surface area contributed by atoms with Gasteiger partial charge in [-0.15, -0.1) is 0 Å². The number of allylic oxidation sites excluding steroid dienone is 1. The smallest absolute Gasteiger partial charge is 0.246 e. The molecule has 0 saturated carbocycles. The molecule has 0 radical (unpaired) electrons. The van der Waals surface area contributed by atoms with Gasteiger partial charge in [-0.25, -0.2) is 0 Å². The molecule has 0 bridgehead atoms. The van der Waals surface area contributed by atoms with Crippen LogP contribution in [0.15, 0.2) is 11.6 Å². The zero-order valence-corrected chi connectivity index (χ0v) is 11.2. The number of morpholine rings is 1. The highest BCUT2D eigenvalue weighted by atomic mass is 16.5. The Hall–Kier alpha value is -0.870. The summed E-state index contributed by atoms with van der Waals surface area (Å²) in [5.74, 6) is 0.0487. The van der Waals surface area contributed by atoms with E-state index >= 15 is 0 Å². The van der Waals surface area contributed by atoms with E-state index in [-0.39, 0.29) is 11.9 Å². The van der Waals surface area contributed by atoms with Crippen LogP contribution in [0.1, 0.15) is 27.2 Å². The van der Waals surface area contributed by atoms with Gasteiger partial charge in [-0.1, -0.05) is 13.0 Å². The van der Waals surface area contributed by atoms with E-state index in [0.717, 1.165) is 44.8 Å². The first-order valence-electron chi connectivity index (χ1n) is 6.41. The molecule has 4 heteroatoms. The Kier molecular flexibility index (Phi) is 6.22. The molecule has 0 aromatic rings. The molecule has 1 saturated heterocycles. The van der Waals surface area contributed by atoms with Crippen molar-refractivity contribution >= 4 is 5.91 Å². The fourth-order valence-electron chi connectivity index (χ4n) is 1.95. The number of nitrogens with zero attached hydrogens (tertiary/aromatic N) is 1. The minimum atomic E-state index is 0.0487. The van der Waals surface area contributed by atoms with Gasteiger partial charge in [0.25, 0.3) is 0 Å². The van der Waals surface area contributed by atoms with Crippen molar-refractivity contribution in [3.63, 3.8) is 0 Å². The highest BCUT2D eigenvalue weighted by Crippen LogP contribution is 2.00. The van der Waals surface area contributed by atoms with Gasteiger partial charge in [0.15, 0.2) is 0 Å². The molecule has 1 heterocycles. The molecule has 4 nitrogen and oxygen atoms in total. The van der Waals surface area contributed by atoms with E-state index in [1.54, 1.807) is 0 Å². The van der Waals surface area contributed by atoms with Crippen LogP contribution >= 0.6 is 0 Å². The quantitative estimate of drug-likeness (QED) is 0.734. The normalized spacial score (nSPS) is 20.1. The van der Waals surface area contributed by atoms with E-state index in [2.05, 4.69) is 10.2 Å². The highest BCUT2D eigenvalue weighted by molar-refractivity contribution is 5.92. The van der Waals surface area contributed by atoms with Crippen LogP contribution in [0, 0.1) is 0 Å². The lowest BCUT2D eigenvalue weighted by Crippen LogP contribution is -2.46. The summed E-state index contributed by atoms with van der Waals surface area (Å²) in [7, 11) is 0. The molecule has 98 valence electrons. The number of rotatable bonds is 5. The molecule has 1 atom stereocenters. The molecule has 0 aromatic carbocycles. The van der Waals surface area contributed by atoms with Gasteiger partial charge in [0.2, 0.25) is 5.91 Å². The molecular weight excluding hydrogens is 216 g/mol. The molecule has 1 N–H and O–H groups in total. The molecule has 1 fully saturated rings. The standard InChI is InChI=1S/C13H24N2O2/c1-4-5-11(2)13(16)14-12(3)10-15-6-8-17-9-7-15/h5,12H,4,6-10H2,1-3H3,(H,14,16). The van der Waals surface area contributed by atoms with Gasteiger partial charge in [0.1, 0.15) is 0 Å². The summed E-state index contributed by atoms with van der Waals surface area (Å²) in [4.78, 5) is 14.1. The Morgan fingerprint density at radius 1 is 1.47 bits per heavy atom. The Morgan fingerprint density at radius 2 is 2.12 bits per heavy atom. The number of hydrogen-bond donors (Lipinski definition) is 1. The van der Waals surface area contributed by atoms with E-state index in [1.165, 1.54) is 0 Å². The number of carbonyl (C=O) groups is 1. The van der Waals surface area contributed by atoms with Crippen molar-refractivity contribution in [1.82, 2.24) is 10.2 Å². The molecule has 0 aliphatic carbocycles. The third-order valence-electron chi connectivity index (χ3n) is 2.88. The van der Waals surface area contributed by atoms with E-state index in [4.69, 9.17) is 4.74 Å². The summed E-state index contributed by atoms with van der Waals surface area (Å²) < 4.78 is 5.29. The molecule has 1 aliphatic rings. The fourth-order valence-corrected chi connectivity index (χ4v) is 1.95. The van der Waals surface area contributed by atoms with Gasteiger partial charge in [0, 0.05) is 31.2 Å². The van der Waals surface area contributed by atoms with Crippen molar-refractivity contribution in [1.29, 1.82) is 0 Å². The van der Waals surface area contributed by atoms with E-state index in [0.29, 0.717) is 0 Å². The number of amides is 1. The summed E-state index contributed by atoms with van der Waals surface area (Å²) in [5.41, 5.74) is 0.807. The third-order valence-corrected chi connectivity index (χ3v) is 2.88. The fraction of sp³-hybridized carbons (Fsp3) is 0.769. The Balaban J connectivity index is 2.30. The van der Waals surface area contributed by atoms with Crippen LogP contribution in [-0.4, -0.2) is 49.7 Å². The molecule has 1 unspecified atom stereocenters. The molecule has 1 rings (SSSR count). The molecule has 0 spiro atoms. The molecule has 1 aliphatic heterocycles. The number of nitrogens with one attached hydrogen (secondary N) is 1. The lowest BCUT2D eigenvalue weighted by atomic mass is 10.2. The summed E-state index contributed by atoms with van der Waals surface area (Å²) in [6.45, 7) is 10.4. The second-order valence-corrected chi connectivity index (χ2v) is 4.58. The lowest BCUT2D eigenvalue weighted by molar-refractivity contribution is -0.118. The first-order chi connectivity index (χ1) is 8.13. The lowest BCUT2D eigenvalue weighted by Gasteiger charge is -2.29. The van der Waals surface area contributed by atoms with Crippen LogP contribution < -0.4 is 5.32 Å². The van der Waals surface area contributed by atoms with Crippen molar-refractivity contribution in [2.24, 2.45) is 0 Å². The Labute approximate surface area is 104 Å². The van der Waals surface area contributed by atoms with Gasteiger partial charge < -0.3 is 10.1 Å². The number of hydrogen-bond acceptors (Lipinski definition) is 3. The molecular formula is C13H24N2O2. The molecule has 1 amide bonds. The van der Waals surface area contributed by atoms with Gasteiger partial charge in [-0.3, -0.25) is 9.69 Å². The Morgan fingerprint density at radius 3 is 2.71 bits per heavy atom. The van der Waals surface area contributed by atoms with Crippen molar-refractivity contribution in [2.75, 3.05) is 32.8 Å². The third kappa shape index (κ3) is 5.33. The van der Waals surface area contributed by atoms with Crippen molar-refractivity contribution in [3.8, 4) is 0 Å². The second-order valence-electron chi connectivity index (χ2n) is 4.58. The van der Waals surface area contributed by atoms with E-state index in [9.17, 15) is 4.79 Å². The summed E-state index contributed by atoms with van der Waals surface area (Å²) in [6, 6.07) is 0.181. The summed E-state index contributed by atoms with van der Waals surface area (Å²) >= 11 is 0. The molecule has 0 aromatic heterocycles.